The first-order chi connectivity index (χ1) is 10.8. The Morgan fingerprint density at radius 1 is 1.04 bits per heavy atom. The van der Waals surface area contributed by atoms with E-state index in [0.29, 0.717) is 10.6 Å². The molecule has 6 heteroatoms. The van der Waals surface area contributed by atoms with Crippen molar-refractivity contribution < 1.29 is 13.2 Å². The molecule has 1 N–H and O–H groups in total. The summed E-state index contributed by atoms with van der Waals surface area (Å²) in [5.41, 5.74) is 1.66. The monoisotopic (exact) mass is 351 g/mol. The molecule has 0 aliphatic carbocycles. The molecule has 0 aromatic heterocycles. The van der Waals surface area contributed by atoms with E-state index in [1.807, 2.05) is 6.92 Å². The van der Waals surface area contributed by atoms with Gasteiger partial charge in [-0.15, -0.1) is 0 Å². The highest BCUT2D eigenvalue weighted by Gasteiger charge is 2.25. The number of sulfonamides is 1. The number of aryl methyl sites for hydroxylation is 1. The molecule has 0 amide bonds. The summed E-state index contributed by atoms with van der Waals surface area (Å²) in [6, 6.07) is 12.7. The zero-order valence-electron chi connectivity index (χ0n) is 12.9. The number of hydrogen-bond donors (Lipinski definition) is 1. The van der Waals surface area contributed by atoms with E-state index in [0.717, 1.165) is 11.8 Å². The first kappa shape index (κ1) is 17.7. The van der Waals surface area contributed by atoms with Crippen molar-refractivity contribution in [3.63, 3.8) is 0 Å². The number of benzene rings is 2. The van der Waals surface area contributed by atoms with Gasteiger partial charge in [-0.05, 0) is 36.8 Å². The molecule has 4 nitrogen and oxygen atoms in total. The topological polar surface area (TPSA) is 63.2 Å². The molecule has 0 bridgehead atoms. The number of hydrogen-bond acceptors (Lipinski definition) is 3. The van der Waals surface area contributed by atoms with Crippen molar-refractivity contribution in [1.82, 2.24) is 4.72 Å². The van der Waals surface area contributed by atoms with E-state index in [9.17, 15) is 13.2 Å². The van der Waals surface area contributed by atoms with E-state index in [4.69, 9.17) is 11.6 Å². The smallest absolute Gasteiger partial charge is 0.241 e. The van der Waals surface area contributed by atoms with Crippen LogP contribution >= 0.6 is 11.6 Å². The fourth-order valence-electron chi connectivity index (χ4n) is 2.18. The van der Waals surface area contributed by atoms with Crippen molar-refractivity contribution in [1.29, 1.82) is 0 Å². The van der Waals surface area contributed by atoms with Crippen LogP contribution in [0.1, 0.15) is 24.1 Å². The second kappa shape index (κ2) is 7.25. The Kier molecular flexibility index (Phi) is 5.57. The molecule has 2 aromatic carbocycles. The molecule has 0 saturated heterocycles. The Labute approximate surface area is 141 Å². The van der Waals surface area contributed by atoms with Crippen LogP contribution in [0, 0.1) is 12.8 Å². The molecule has 2 aromatic rings. The van der Waals surface area contributed by atoms with Crippen molar-refractivity contribution in [2.45, 2.75) is 24.8 Å². The number of rotatable bonds is 6. The quantitative estimate of drug-likeness (QED) is 0.810. The van der Waals surface area contributed by atoms with E-state index in [2.05, 4.69) is 4.72 Å². The number of halogens is 1. The standard InChI is InChI=1S/C17H18ClNO3S/c1-12-3-9-16(10-4-12)23(21,22)19-17(13(2)11-20)14-5-7-15(18)8-6-14/h3-11,13,17,19H,1-2H3/t13-,17+/m1/s1. The Morgan fingerprint density at radius 2 is 1.61 bits per heavy atom. The Balaban J connectivity index is 2.35. The van der Waals surface area contributed by atoms with Crippen LogP contribution in [0.5, 0.6) is 0 Å². The van der Waals surface area contributed by atoms with Crippen molar-refractivity contribution in [2.24, 2.45) is 5.92 Å². The molecular formula is C17H18ClNO3S. The van der Waals surface area contributed by atoms with Gasteiger partial charge >= 0.3 is 0 Å². The van der Waals surface area contributed by atoms with E-state index >= 15 is 0 Å². The van der Waals surface area contributed by atoms with E-state index in [-0.39, 0.29) is 4.90 Å². The van der Waals surface area contributed by atoms with Gasteiger partial charge in [-0.25, -0.2) is 13.1 Å². The van der Waals surface area contributed by atoms with Gasteiger partial charge in [0.25, 0.3) is 0 Å². The predicted molar refractivity (Wildman–Crippen MR) is 90.9 cm³/mol. The van der Waals surface area contributed by atoms with Gasteiger partial charge in [0.05, 0.1) is 10.9 Å². The number of aldehydes is 1. The van der Waals surface area contributed by atoms with Gasteiger partial charge in [-0.2, -0.15) is 0 Å². The summed E-state index contributed by atoms with van der Waals surface area (Å²) >= 11 is 5.87. The summed E-state index contributed by atoms with van der Waals surface area (Å²) in [6.45, 7) is 3.55. The predicted octanol–water partition coefficient (Wildman–Crippen LogP) is 3.50. The minimum absolute atomic E-state index is 0.167. The van der Waals surface area contributed by atoms with Crippen molar-refractivity contribution in [2.75, 3.05) is 0 Å². The SMILES string of the molecule is Cc1ccc(S(=O)(=O)N[C@H](c2ccc(Cl)cc2)[C@H](C)C=O)cc1. The fraction of sp³-hybridized carbons (Fsp3) is 0.235. The molecule has 2 rings (SSSR count). The average molecular weight is 352 g/mol. The van der Waals surface area contributed by atoms with Gasteiger partial charge in [-0.1, -0.05) is 48.4 Å². The van der Waals surface area contributed by atoms with E-state index in [1.54, 1.807) is 55.5 Å². The fourth-order valence-corrected chi connectivity index (χ4v) is 3.62. The van der Waals surface area contributed by atoms with Crippen LogP contribution in [-0.2, 0) is 14.8 Å². The summed E-state index contributed by atoms with van der Waals surface area (Å²) in [5.74, 6) is -0.517. The highest BCUT2D eigenvalue weighted by atomic mass is 35.5. The third-order valence-corrected chi connectivity index (χ3v) is 5.29. The normalized spacial score (nSPS) is 14.2. The van der Waals surface area contributed by atoms with Gasteiger partial charge in [0.1, 0.15) is 6.29 Å². The zero-order valence-corrected chi connectivity index (χ0v) is 14.4. The molecular weight excluding hydrogens is 334 g/mol. The van der Waals surface area contributed by atoms with Crippen LogP contribution in [0.15, 0.2) is 53.4 Å². The third kappa shape index (κ3) is 4.41. The Hall–Kier alpha value is -1.69. The lowest BCUT2D eigenvalue weighted by atomic mass is 9.97. The van der Waals surface area contributed by atoms with E-state index in [1.165, 1.54) is 0 Å². The van der Waals surface area contributed by atoms with Crippen LogP contribution in [-0.4, -0.2) is 14.7 Å². The molecule has 0 heterocycles. The molecule has 2 atom stereocenters. The highest BCUT2D eigenvalue weighted by Crippen LogP contribution is 2.25. The number of nitrogens with one attached hydrogen (secondary N) is 1. The summed E-state index contributed by atoms with van der Waals surface area (Å²) in [6.07, 6.45) is 0.733. The number of carbonyl (C=O) groups is 1. The minimum Gasteiger partial charge on any atom is -0.303 e. The largest absolute Gasteiger partial charge is 0.303 e. The third-order valence-electron chi connectivity index (χ3n) is 3.58. The Bertz CT molecular complexity index is 770. The highest BCUT2D eigenvalue weighted by molar-refractivity contribution is 7.89. The van der Waals surface area contributed by atoms with Crippen molar-refractivity contribution in [3.8, 4) is 0 Å². The molecule has 0 saturated carbocycles. The molecule has 0 fully saturated rings. The van der Waals surface area contributed by atoms with Crippen LogP contribution < -0.4 is 4.72 Å². The molecule has 0 radical (unpaired) electrons. The second-order valence-electron chi connectivity index (χ2n) is 5.46. The molecule has 23 heavy (non-hydrogen) atoms. The number of carbonyl (C=O) groups excluding carboxylic acids is 1. The minimum atomic E-state index is -3.73. The summed E-state index contributed by atoms with van der Waals surface area (Å²) < 4.78 is 27.7. The van der Waals surface area contributed by atoms with Gasteiger partial charge in [0.2, 0.25) is 10.0 Å². The first-order valence-electron chi connectivity index (χ1n) is 7.13. The zero-order chi connectivity index (χ0) is 17.0. The Morgan fingerprint density at radius 3 is 2.13 bits per heavy atom. The summed E-state index contributed by atoms with van der Waals surface area (Å²) in [5, 5.41) is 0.549. The van der Waals surface area contributed by atoms with Gasteiger partial charge in [0, 0.05) is 10.9 Å². The maximum Gasteiger partial charge on any atom is 0.241 e. The van der Waals surface area contributed by atoms with Gasteiger partial charge in [-0.3, -0.25) is 0 Å². The average Bonchev–Trinajstić information content (AvgIpc) is 2.53. The lowest BCUT2D eigenvalue weighted by Gasteiger charge is -2.22. The maximum absolute atomic E-state index is 12.6. The van der Waals surface area contributed by atoms with Crippen LogP contribution in [0.2, 0.25) is 5.02 Å². The van der Waals surface area contributed by atoms with Crippen molar-refractivity contribution in [3.05, 3.63) is 64.7 Å². The van der Waals surface area contributed by atoms with Crippen molar-refractivity contribution >= 4 is 27.9 Å². The first-order valence-corrected chi connectivity index (χ1v) is 8.99. The summed E-state index contributed by atoms with van der Waals surface area (Å²) in [7, 11) is -3.73. The molecule has 0 unspecified atom stereocenters. The van der Waals surface area contributed by atoms with E-state index < -0.39 is 22.0 Å². The lowest BCUT2D eigenvalue weighted by molar-refractivity contribution is -0.111. The molecule has 0 aliphatic heterocycles. The van der Waals surface area contributed by atoms with Crippen LogP contribution in [0.3, 0.4) is 0 Å². The van der Waals surface area contributed by atoms with Crippen LogP contribution in [0.4, 0.5) is 0 Å². The van der Waals surface area contributed by atoms with Gasteiger partial charge < -0.3 is 4.79 Å². The van der Waals surface area contributed by atoms with Gasteiger partial charge in [0.15, 0.2) is 0 Å². The molecule has 0 aliphatic rings. The molecule has 0 spiro atoms. The molecule has 122 valence electrons. The lowest BCUT2D eigenvalue weighted by Crippen LogP contribution is -2.33. The summed E-state index contributed by atoms with van der Waals surface area (Å²) in [4.78, 5) is 11.4. The van der Waals surface area contributed by atoms with Crippen LogP contribution in [0.25, 0.3) is 0 Å². The second-order valence-corrected chi connectivity index (χ2v) is 7.61. The maximum atomic E-state index is 12.6.